The van der Waals surface area contributed by atoms with E-state index in [-0.39, 0.29) is 11.7 Å². The SMILES string of the molecule is CCOc1cccc2cc(C(=O)N(Cc3ccccc3)c3nc4c(C)c(Cl)ccc4s3)oc12. The van der Waals surface area contributed by atoms with Crippen LogP contribution in [0.15, 0.2) is 71.1 Å². The molecule has 0 radical (unpaired) electrons. The zero-order valence-corrected chi connectivity index (χ0v) is 19.7. The average molecular weight is 477 g/mol. The largest absolute Gasteiger partial charge is 0.490 e. The van der Waals surface area contributed by atoms with Crippen molar-refractivity contribution in [1.82, 2.24) is 4.98 Å². The molecule has 33 heavy (non-hydrogen) atoms. The van der Waals surface area contributed by atoms with Gasteiger partial charge in [-0.2, -0.15) is 0 Å². The van der Waals surface area contributed by atoms with Gasteiger partial charge in [-0.15, -0.1) is 0 Å². The van der Waals surface area contributed by atoms with Gasteiger partial charge in [-0.1, -0.05) is 65.4 Å². The number of fused-ring (bicyclic) bond motifs is 2. The molecule has 0 bridgehead atoms. The Labute approximate surface area is 200 Å². The van der Waals surface area contributed by atoms with Gasteiger partial charge in [-0.3, -0.25) is 9.69 Å². The number of para-hydroxylation sites is 1. The molecule has 166 valence electrons. The number of hydrogen-bond donors (Lipinski definition) is 0. The number of furan rings is 1. The van der Waals surface area contributed by atoms with Gasteiger partial charge in [0.1, 0.15) is 0 Å². The maximum absolute atomic E-state index is 13.7. The molecule has 0 unspecified atom stereocenters. The van der Waals surface area contributed by atoms with Crippen LogP contribution in [-0.4, -0.2) is 17.5 Å². The summed E-state index contributed by atoms with van der Waals surface area (Å²) in [7, 11) is 0. The summed E-state index contributed by atoms with van der Waals surface area (Å²) < 4.78 is 12.7. The lowest BCUT2D eigenvalue weighted by Gasteiger charge is -2.18. The zero-order valence-electron chi connectivity index (χ0n) is 18.2. The van der Waals surface area contributed by atoms with Crippen LogP contribution < -0.4 is 9.64 Å². The van der Waals surface area contributed by atoms with Crippen LogP contribution in [0.25, 0.3) is 21.2 Å². The van der Waals surface area contributed by atoms with Crippen LogP contribution in [0.1, 0.15) is 28.6 Å². The third kappa shape index (κ3) is 4.08. The summed E-state index contributed by atoms with van der Waals surface area (Å²) in [6.45, 7) is 4.72. The second-order valence-corrected chi connectivity index (χ2v) is 9.03. The Morgan fingerprint density at radius 3 is 2.73 bits per heavy atom. The molecule has 2 heterocycles. The van der Waals surface area contributed by atoms with Gasteiger partial charge < -0.3 is 9.15 Å². The van der Waals surface area contributed by atoms with Crippen molar-refractivity contribution in [1.29, 1.82) is 0 Å². The van der Waals surface area contributed by atoms with Crippen LogP contribution in [0, 0.1) is 6.92 Å². The lowest BCUT2D eigenvalue weighted by molar-refractivity contribution is 0.0960. The van der Waals surface area contributed by atoms with Crippen molar-refractivity contribution in [2.24, 2.45) is 0 Å². The first-order chi connectivity index (χ1) is 16.0. The van der Waals surface area contributed by atoms with Crippen LogP contribution in [0.4, 0.5) is 5.13 Å². The summed E-state index contributed by atoms with van der Waals surface area (Å²) in [6.07, 6.45) is 0. The molecule has 0 aliphatic carbocycles. The van der Waals surface area contributed by atoms with E-state index in [1.54, 1.807) is 11.0 Å². The summed E-state index contributed by atoms with van der Waals surface area (Å²) in [5.74, 6) is 0.594. The number of carbonyl (C=O) groups excluding carboxylic acids is 1. The van der Waals surface area contributed by atoms with Crippen LogP contribution in [0.3, 0.4) is 0 Å². The molecule has 0 atom stereocenters. The van der Waals surface area contributed by atoms with Gasteiger partial charge in [0.15, 0.2) is 22.2 Å². The highest BCUT2D eigenvalue weighted by Gasteiger charge is 2.26. The molecule has 1 amide bonds. The summed E-state index contributed by atoms with van der Waals surface area (Å²) in [5.41, 5.74) is 3.26. The number of benzene rings is 3. The van der Waals surface area contributed by atoms with E-state index in [1.807, 2.05) is 74.5 Å². The summed E-state index contributed by atoms with van der Waals surface area (Å²) >= 11 is 7.77. The fourth-order valence-corrected chi connectivity index (χ4v) is 4.92. The van der Waals surface area contributed by atoms with E-state index < -0.39 is 0 Å². The van der Waals surface area contributed by atoms with Crippen molar-refractivity contribution < 1.29 is 13.9 Å². The van der Waals surface area contributed by atoms with Gasteiger partial charge in [-0.25, -0.2) is 4.98 Å². The number of anilines is 1. The van der Waals surface area contributed by atoms with E-state index in [0.29, 0.717) is 34.6 Å². The first kappa shape index (κ1) is 21.5. The predicted molar refractivity (Wildman–Crippen MR) is 134 cm³/mol. The van der Waals surface area contributed by atoms with Crippen molar-refractivity contribution in [2.75, 3.05) is 11.5 Å². The van der Waals surface area contributed by atoms with E-state index in [9.17, 15) is 4.79 Å². The van der Waals surface area contributed by atoms with Crippen molar-refractivity contribution in [3.8, 4) is 5.75 Å². The Morgan fingerprint density at radius 2 is 1.94 bits per heavy atom. The van der Waals surface area contributed by atoms with Gasteiger partial charge in [0.2, 0.25) is 0 Å². The number of thiazole rings is 1. The molecule has 7 heteroatoms. The van der Waals surface area contributed by atoms with Gasteiger partial charge >= 0.3 is 0 Å². The van der Waals surface area contributed by atoms with E-state index in [2.05, 4.69) is 0 Å². The van der Waals surface area contributed by atoms with Crippen LogP contribution in [0.5, 0.6) is 5.75 Å². The smallest absolute Gasteiger partial charge is 0.296 e. The maximum Gasteiger partial charge on any atom is 0.296 e. The molecule has 0 aliphatic heterocycles. The normalized spacial score (nSPS) is 11.2. The van der Waals surface area contributed by atoms with Crippen molar-refractivity contribution in [2.45, 2.75) is 20.4 Å². The predicted octanol–water partition coefficient (Wildman–Crippen LogP) is 7.25. The Morgan fingerprint density at radius 1 is 1.12 bits per heavy atom. The number of halogens is 1. The fraction of sp³-hybridized carbons (Fsp3) is 0.154. The molecule has 2 aromatic heterocycles. The lowest BCUT2D eigenvalue weighted by atomic mass is 10.2. The minimum atomic E-state index is -0.264. The standard InChI is InChI=1S/C26H21ClN2O3S/c1-3-31-20-11-7-10-18-14-21(32-24(18)20)25(30)29(15-17-8-5-4-6-9-17)26-28-23-16(2)19(27)12-13-22(23)33-26/h4-14H,3,15H2,1-2H3. The zero-order chi connectivity index (χ0) is 22.9. The van der Waals surface area contributed by atoms with Crippen LogP contribution in [-0.2, 0) is 6.54 Å². The minimum Gasteiger partial charge on any atom is -0.490 e. The first-order valence-corrected chi connectivity index (χ1v) is 11.8. The Balaban J connectivity index is 1.60. The molecular formula is C26H21ClN2O3S. The average Bonchev–Trinajstić information content (AvgIpc) is 3.46. The molecule has 0 saturated heterocycles. The van der Waals surface area contributed by atoms with Crippen LogP contribution >= 0.6 is 22.9 Å². The number of ether oxygens (including phenoxy) is 1. The minimum absolute atomic E-state index is 0.238. The highest BCUT2D eigenvalue weighted by atomic mass is 35.5. The highest BCUT2D eigenvalue weighted by molar-refractivity contribution is 7.22. The van der Waals surface area contributed by atoms with Gasteiger partial charge in [0.25, 0.3) is 5.91 Å². The van der Waals surface area contributed by atoms with E-state index in [0.717, 1.165) is 26.7 Å². The van der Waals surface area contributed by atoms with E-state index in [4.69, 9.17) is 25.7 Å². The number of nitrogens with zero attached hydrogens (tertiary/aromatic N) is 2. The van der Waals surface area contributed by atoms with Gasteiger partial charge in [-0.05, 0) is 49.2 Å². The molecule has 5 nitrogen and oxygen atoms in total. The van der Waals surface area contributed by atoms with Crippen LogP contribution in [0.2, 0.25) is 5.02 Å². The van der Waals surface area contributed by atoms with Crippen molar-refractivity contribution >= 4 is 55.2 Å². The first-order valence-electron chi connectivity index (χ1n) is 10.6. The Kier molecular flexibility index (Phi) is 5.79. The number of hydrogen-bond acceptors (Lipinski definition) is 5. The fourth-order valence-electron chi connectivity index (χ4n) is 3.74. The third-order valence-electron chi connectivity index (χ3n) is 5.41. The molecule has 0 aliphatic rings. The lowest BCUT2D eigenvalue weighted by Crippen LogP contribution is -2.30. The monoisotopic (exact) mass is 476 g/mol. The molecule has 3 aromatic carbocycles. The molecule has 0 fully saturated rings. The maximum atomic E-state index is 13.7. The molecule has 0 N–H and O–H groups in total. The Bertz CT molecular complexity index is 1460. The second-order valence-electron chi connectivity index (χ2n) is 7.61. The van der Waals surface area contributed by atoms with E-state index in [1.165, 1.54) is 11.3 Å². The number of carbonyl (C=O) groups is 1. The van der Waals surface area contributed by atoms with Crippen molar-refractivity contribution in [3.05, 3.63) is 88.6 Å². The number of aryl methyl sites for hydroxylation is 1. The topological polar surface area (TPSA) is 55.6 Å². The number of aromatic nitrogens is 1. The quantitative estimate of drug-likeness (QED) is 0.259. The molecule has 0 saturated carbocycles. The molecular weight excluding hydrogens is 456 g/mol. The molecule has 0 spiro atoms. The Hall–Kier alpha value is -3.35. The summed E-state index contributed by atoms with van der Waals surface area (Å²) in [4.78, 5) is 20.2. The highest BCUT2D eigenvalue weighted by Crippen LogP contribution is 2.36. The van der Waals surface area contributed by atoms with E-state index >= 15 is 0 Å². The summed E-state index contributed by atoms with van der Waals surface area (Å²) in [6, 6.07) is 21.0. The number of amides is 1. The second kappa shape index (κ2) is 8.89. The number of rotatable bonds is 6. The van der Waals surface area contributed by atoms with Gasteiger partial charge in [0.05, 0.1) is 23.4 Å². The third-order valence-corrected chi connectivity index (χ3v) is 6.87. The van der Waals surface area contributed by atoms with Gasteiger partial charge in [0, 0.05) is 10.4 Å². The molecule has 5 aromatic rings. The summed E-state index contributed by atoms with van der Waals surface area (Å²) in [5, 5.41) is 2.06. The van der Waals surface area contributed by atoms with Crippen molar-refractivity contribution in [3.63, 3.8) is 0 Å². The molecule has 5 rings (SSSR count).